The number of carbonyl (C=O) groups excluding carboxylic acids is 6. The van der Waals surface area contributed by atoms with Gasteiger partial charge in [0.15, 0.2) is 17.3 Å². The van der Waals surface area contributed by atoms with E-state index in [2.05, 4.69) is 194 Å². The Morgan fingerprint density at radius 2 is 0.703 bits per heavy atom. The van der Waals surface area contributed by atoms with Gasteiger partial charge in [0.05, 0.1) is 29.0 Å². The molecule has 628 valence electrons. The van der Waals surface area contributed by atoms with E-state index >= 15 is 0 Å². The highest BCUT2D eigenvalue weighted by molar-refractivity contribution is 6.16. The summed E-state index contributed by atoms with van der Waals surface area (Å²) in [5.74, 6) is -0.537. The molecule has 19 rings (SSSR count). The minimum atomic E-state index is -0.833. The number of aromatic nitrogens is 2. The fourth-order valence-corrected chi connectivity index (χ4v) is 15.2. The van der Waals surface area contributed by atoms with Gasteiger partial charge < -0.3 is 28.2 Å². The average Bonchev–Trinajstić information content (AvgIpc) is 0.773. The maximum absolute atomic E-state index is 12.9. The summed E-state index contributed by atoms with van der Waals surface area (Å²) in [6, 6.07) is 124. The molecule has 0 bridgehead atoms. The highest BCUT2D eigenvalue weighted by Crippen LogP contribution is 2.38. The normalized spacial score (nSPS) is 12.2. The van der Waals surface area contributed by atoms with E-state index in [-0.39, 0.29) is 46.3 Å². The molecule has 1 atom stereocenters. The molecule has 2 aromatic heterocycles. The molecule has 1 aliphatic heterocycles. The first kappa shape index (κ1) is 91.4. The number of hydrogen-bond donors (Lipinski definition) is 3. The Kier molecular flexibility index (Phi) is 32.5. The number of pyridine rings is 2. The third kappa shape index (κ3) is 24.2. The van der Waals surface area contributed by atoms with Crippen LogP contribution in [-0.4, -0.2) is 69.8 Å². The van der Waals surface area contributed by atoms with Crippen molar-refractivity contribution in [2.75, 3.05) is 13.1 Å². The van der Waals surface area contributed by atoms with Gasteiger partial charge in [-0.1, -0.05) is 364 Å². The second kappa shape index (κ2) is 45.6. The maximum Gasteiger partial charge on any atom is 0.300 e. The summed E-state index contributed by atoms with van der Waals surface area (Å²) >= 11 is 0. The number of fused-ring (bicyclic) bond motifs is 5. The zero-order chi connectivity index (χ0) is 87.4. The summed E-state index contributed by atoms with van der Waals surface area (Å²) in [6.07, 6.45) is 24.6. The molecule has 17 aromatic rings. The number of Topliss-reactive ketones (excluding diaryl/α,β-unsaturated/α-hetero) is 2. The molecule has 0 saturated carbocycles. The van der Waals surface area contributed by atoms with Crippen molar-refractivity contribution in [1.29, 1.82) is 0 Å². The number of nitrogens with zero attached hydrogens (tertiary/aromatic N) is 2. The van der Waals surface area contributed by atoms with Crippen LogP contribution in [0.3, 0.4) is 0 Å². The molecule has 0 saturated heterocycles. The summed E-state index contributed by atoms with van der Waals surface area (Å²) in [4.78, 5) is 89.8. The van der Waals surface area contributed by atoms with Gasteiger partial charge in [0.25, 0.3) is 5.97 Å². The first-order valence-electron chi connectivity index (χ1n) is 41.7. The van der Waals surface area contributed by atoms with Crippen LogP contribution in [0.15, 0.2) is 430 Å². The lowest BCUT2D eigenvalue weighted by molar-refractivity contribution is -0.831. The molecular weight excluding hydrogens is 1650 g/mol. The summed E-state index contributed by atoms with van der Waals surface area (Å²) in [5, 5.41) is 18.4. The van der Waals surface area contributed by atoms with E-state index in [1.165, 1.54) is 26.4 Å². The van der Waals surface area contributed by atoms with E-state index < -0.39 is 5.97 Å². The van der Waals surface area contributed by atoms with Crippen LogP contribution in [-0.2, 0) is 9.59 Å². The van der Waals surface area contributed by atoms with Gasteiger partial charge in [-0.2, -0.15) is 0 Å². The largest absolute Gasteiger partial charge is 1.00 e. The molecule has 1 unspecified atom stereocenters. The van der Waals surface area contributed by atoms with Crippen molar-refractivity contribution in [2.45, 2.75) is 26.7 Å². The lowest BCUT2D eigenvalue weighted by Gasteiger charge is -2.14. The Balaban J connectivity index is 0.000000163. The monoisotopic (exact) mass is 1740 g/mol. The summed E-state index contributed by atoms with van der Waals surface area (Å²) in [6.45, 7) is 4.16. The van der Waals surface area contributed by atoms with Crippen molar-refractivity contribution in [2.24, 2.45) is 0 Å². The molecule has 128 heavy (non-hydrogen) atoms. The number of aliphatic carboxylic acids is 1. The Morgan fingerprint density at radius 3 is 1.12 bits per heavy atom. The van der Waals surface area contributed by atoms with E-state index in [0.717, 1.165) is 148 Å². The number of carbonyl (C=O) groups is 7. The molecule has 5 N–H and O–H groups in total. The second-order valence-corrected chi connectivity index (χ2v) is 30.1. The fourth-order valence-electron chi connectivity index (χ4n) is 15.2. The van der Waals surface area contributed by atoms with E-state index in [1.54, 1.807) is 43.3 Å². The van der Waals surface area contributed by atoms with Crippen LogP contribution >= 0.6 is 0 Å². The number of aldehydes is 2. The van der Waals surface area contributed by atoms with Crippen molar-refractivity contribution in [1.82, 2.24) is 16.1 Å². The third-order valence-corrected chi connectivity index (χ3v) is 21.3. The number of allylic oxidation sites excluding steroid dienone is 7. The smallest absolute Gasteiger partial charge is 0.300 e. The number of carboxylic acids is 1. The predicted octanol–water partition coefficient (Wildman–Crippen LogP) is 23.0. The molecule has 1 aliphatic carbocycles. The van der Waals surface area contributed by atoms with Crippen molar-refractivity contribution in [3.05, 3.63) is 469 Å². The van der Waals surface area contributed by atoms with Gasteiger partial charge in [-0.25, -0.2) is 9.97 Å². The number of ketones is 4. The lowest BCUT2D eigenvalue weighted by atomic mass is 9.94. The molecule has 0 spiro atoms. The van der Waals surface area contributed by atoms with Gasteiger partial charge in [0.1, 0.15) is 25.7 Å². The van der Waals surface area contributed by atoms with Crippen molar-refractivity contribution in [3.8, 4) is 67.3 Å². The van der Waals surface area contributed by atoms with Crippen LogP contribution in [0.5, 0.6) is 0 Å². The Bertz CT molecular complexity index is 6720. The molecule has 12 nitrogen and oxygen atoms in total. The van der Waals surface area contributed by atoms with E-state index in [9.17, 15) is 28.8 Å². The number of halogens is 1. The minimum Gasteiger partial charge on any atom is -1.00 e. The topological polar surface area (TPSA) is 205 Å². The van der Waals surface area contributed by atoms with Gasteiger partial charge in [-0.3, -0.25) is 38.5 Å². The standard InChI is InChI=1S/C48H32N2.C32H22O2.C13H15NO.C12H10O.C8H6O2.C2H4O2.BrH.H3N/c1-3-16-35(17-4-1)45-29-39(31-47(49-45)43-26-12-20-33-14-7-9-24-41(33)43)37-22-11-23-38(28-37)40-30-46(36-18-5-2-6-19-36)50-48(32-40)44-27-13-21-34-15-8-10-25-42(34)44;33-31(29-16-6-12-25-10-1-3-14-27(25)29)20-18-23-8-5-9-24(22-23)19-21-32(34)30-17-7-13-26-11-2-4-15-28(26)30;15-13(12-7-3-1-4-8-12)11-14-9-5-2-6-10-14;1-9(13)11-8-4-6-10-5-2-3-7-12(10)11;9-5-7-2-1-3-8(4-7)6-10;1-2(3)4;;/h1-32H;1-22H;2-3,5-9H,1,4,10-11H2;2-8H,1H3;1-6H;1H3,(H,3,4);1H;1H3/b;20-18+,21-19+;;;;;;. The first-order chi connectivity index (χ1) is 61.7. The Morgan fingerprint density at radius 1 is 0.352 bits per heavy atom. The number of quaternary nitrogens is 1. The summed E-state index contributed by atoms with van der Waals surface area (Å²) in [5.41, 5.74) is 18.7. The van der Waals surface area contributed by atoms with Crippen LogP contribution in [0.1, 0.15) is 89.6 Å². The molecule has 13 heteroatoms. The van der Waals surface area contributed by atoms with Crippen molar-refractivity contribution in [3.63, 3.8) is 0 Å². The zero-order valence-corrected chi connectivity index (χ0v) is 72.4. The maximum atomic E-state index is 12.9. The quantitative estimate of drug-likeness (QED) is 0.0419. The number of nitrogens with one attached hydrogen (secondary N) is 1. The van der Waals surface area contributed by atoms with Crippen LogP contribution < -0.4 is 28.0 Å². The van der Waals surface area contributed by atoms with Crippen molar-refractivity contribution < 1.29 is 60.5 Å². The Hall–Kier alpha value is -15.8. The fraction of sp³-hybridized carbons (Fsp3) is 0.0522. The molecule has 0 fully saturated rings. The Labute approximate surface area is 755 Å². The van der Waals surface area contributed by atoms with Crippen LogP contribution in [0, 0.1) is 0 Å². The van der Waals surface area contributed by atoms with Gasteiger partial charge in [0.2, 0.25) is 5.78 Å². The SMILES string of the molecule is CC(=O)O.CC(=O)c1cccc2ccccc12.N.O=C(/C=C/c1cccc(/C=C/C(=O)c2cccc3ccccc23)c1)c1cccc2ccccc12.O=C(C[NH+]1C=CC=CC1)C1=CCCC=C1.O=Cc1cccc(C=O)c1.[Br-].c1ccc(-c2cc(-c3cccc(-c4cc(-c5ccccc5)nc(-c5cccc6ccccc56)c4)c3)cc(-c3cccc4ccccc34)n2)cc1. The molecular formula is C115H93BrN4O8. The number of carboxylic acid groups (broad SMARTS) is 1. The molecule has 0 radical (unpaired) electrons. The molecule has 2 aliphatic rings. The van der Waals surface area contributed by atoms with Crippen LogP contribution in [0.2, 0.25) is 0 Å². The molecule has 0 amide bonds. The summed E-state index contributed by atoms with van der Waals surface area (Å²) < 4.78 is 0. The summed E-state index contributed by atoms with van der Waals surface area (Å²) in [7, 11) is 0. The predicted molar refractivity (Wildman–Crippen MR) is 521 cm³/mol. The van der Waals surface area contributed by atoms with Crippen molar-refractivity contribution >= 4 is 108 Å². The van der Waals surface area contributed by atoms with Crippen LogP contribution in [0.4, 0.5) is 0 Å². The molecule has 15 aromatic carbocycles. The third-order valence-electron chi connectivity index (χ3n) is 21.3. The number of rotatable bonds is 18. The zero-order valence-electron chi connectivity index (χ0n) is 70.8. The van der Waals surface area contributed by atoms with E-state index in [4.69, 9.17) is 19.9 Å². The average molecular weight is 1740 g/mol. The highest BCUT2D eigenvalue weighted by Gasteiger charge is 2.19. The minimum absolute atomic E-state index is 0. The second-order valence-electron chi connectivity index (χ2n) is 30.1. The lowest BCUT2D eigenvalue weighted by Crippen LogP contribution is -3.08. The van der Waals surface area contributed by atoms with Gasteiger partial charge >= 0.3 is 0 Å². The van der Waals surface area contributed by atoms with E-state index in [1.807, 2.05) is 206 Å². The molecule has 3 heterocycles. The first-order valence-corrected chi connectivity index (χ1v) is 41.7. The van der Waals surface area contributed by atoms with Gasteiger partial charge in [-0.15, -0.1) is 0 Å². The van der Waals surface area contributed by atoms with Gasteiger partial charge in [-0.05, 0) is 174 Å². The number of benzene rings is 15. The van der Waals surface area contributed by atoms with Gasteiger partial charge in [0, 0.05) is 62.6 Å². The number of hydrogen-bond acceptors (Lipinski definition) is 10. The van der Waals surface area contributed by atoms with Crippen LogP contribution in [0.25, 0.3) is 133 Å². The highest BCUT2D eigenvalue weighted by atomic mass is 79.9. The van der Waals surface area contributed by atoms with E-state index in [0.29, 0.717) is 41.4 Å².